The van der Waals surface area contributed by atoms with Gasteiger partial charge in [0.1, 0.15) is 5.84 Å². The molecule has 3 heteroatoms. The lowest BCUT2D eigenvalue weighted by atomic mass is 10.1. The first-order valence-corrected chi connectivity index (χ1v) is 6.46. The minimum atomic E-state index is 0.900. The van der Waals surface area contributed by atoms with E-state index in [1.807, 2.05) is 0 Å². The molecule has 0 bridgehead atoms. The number of rotatable bonds is 0. The average molecular weight is 229 g/mol. The van der Waals surface area contributed by atoms with Crippen LogP contribution in [-0.4, -0.2) is 44.0 Å². The van der Waals surface area contributed by atoms with Crippen molar-refractivity contribution in [1.82, 2.24) is 4.90 Å². The standard InChI is InChI=1S/C14H19N3/c1-16-11-8-15-14(17-9-4-5-10-17)12-6-2-3-7-13(12)16/h2-3,6-7H,4-5,8-11H2,1H3. The van der Waals surface area contributed by atoms with Gasteiger partial charge in [0, 0.05) is 37.9 Å². The molecule has 3 nitrogen and oxygen atoms in total. The van der Waals surface area contributed by atoms with Gasteiger partial charge >= 0.3 is 0 Å². The van der Waals surface area contributed by atoms with Gasteiger partial charge in [-0.3, -0.25) is 4.99 Å². The fourth-order valence-corrected chi connectivity index (χ4v) is 2.71. The largest absolute Gasteiger partial charge is 0.372 e. The van der Waals surface area contributed by atoms with Crippen molar-refractivity contribution >= 4 is 11.5 Å². The Morgan fingerprint density at radius 1 is 1.06 bits per heavy atom. The molecule has 1 aromatic carbocycles. The molecular formula is C14H19N3. The average Bonchev–Trinajstić information content (AvgIpc) is 2.83. The number of anilines is 1. The highest BCUT2D eigenvalue weighted by molar-refractivity contribution is 6.04. The molecule has 0 saturated carbocycles. The van der Waals surface area contributed by atoms with E-state index in [9.17, 15) is 0 Å². The van der Waals surface area contributed by atoms with Crippen molar-refractivity contribution < 1.29 is 0 Å². The van der Waals surface area contributed by atoms with E-state index in [1.54, 1.807) is 0 Å². The minimum absolute atomic E-state index is 0.900. The van der Waals surface area contributed by atoms with Crippen LogP contribution in [-0.2, 0) is 0 Å². The Hall–Kier alpha value is -1.51. The van der Waals surface area contributed by atoms with Crippen LogP contribution in [0.15, 0.2) is 29.3 Å². The summed E-state index contributed by atoms with van der Waals surface area (Å²) in [6, 6.07) is 8.63. The summed E-state index contributed by atoms with van der Waals surface area (Å²) < 4.78 is 0. The number of hydrogen-bond acceptors (Lipinski definition) is 3. The first-order chi connectivity index (χ1) is 8.36. The van der Waals surface area contributed by atoms with Crippen LogP contribution in [0.5, 0.6) is 0 Å². The van der Waals surface area contributed by atoms with Crippen molar-refractivity contribution in [2.24, 2.45) is 4.99 Å². The molecule has 1 saturated heterocycles. The summed E-state index contributed by atoms with van der Waals surface area (Å²) in [5.74, 6) is 1.21. The normalized spacial score (nSPS) is 19.9. The Bertz CT molecular complexity index is 433. The van der Waals surface area contributed by atoms with E-state index >= 15 is 0 Å². The Balaban J connectivity index is 2.03. The Labute approximate surface area is 103 Å². The van der Waals surface area contributed by atoms with Gasteiger partial charge in [0.15, 0.2) is 0 Å². The van der Waals surface area contributed by atoms with Gasteiger partial charge in [-0.25, -0.2) is 0 Å². The predicted octanol–water partition coefficient (Wildman–Crippen LogP) is 1.98. The zero-order valence-corrected chi connectivity index (χ0v) is 10.4. The predicted molar refractivity (Wildman–Crippen MR) is 71.9 cm³/mol. The number of likely N-dealkylation sites (tertiary alicyclic amines) is 1. The second kappa shape index (κ2) is 4.40. The first-order valence-electron chi connectivity index (χ1n) is 6.46. The van der Waals surface area contributed by atoms with Crippen LogP contribution >= 0.6 is 0 Å². The van der Waals surface area contributed by atoms with Crippen LogP contribution in [0.1, 0.15) is 18.4 Å². The first kappa shape index (κ1) is 10.6. The third-order valence-electron chi connectivity index (χ3n) is 3.66. The van der Waals surface area contributed by atoms with Crippen molar-refractivity contribution in [2.75, 3.05) is 38.1 Å². The Morgan fingerprint density at radius 2 is 1.82 bits per heavy atom. The summed E-state index contributed by atoms with van der Waals surface area (Å²) in [5, 5.41) is 0. The number of benzodiazepines with no additional fused rings is 1. The smallest absolute Gasteiger partial charge is 0.133 e. The van der Waals surface area contributed by atoms with E-state index in [-0.39, 0.29) is 0 Å². The van der Waals surface area contributed by atoms with Crippen LogP contribution in [0.4, 0.5) is 5.69 Å². The molecule has 1 aromatic rings. The number of benzene rings is 1. The highest BCUT2D eigenvalue weighted by Gasteiger charge is 2.22. The molecule has 0 radical (unpaired) electrons. The maximum atomic E-state index is 4.80. The quantitative estimate of drug-likeness (QED) is 0.677. The van der Waals surface area contributed by atoms with Crippen molar-refractivity contribution in [3.8, 4) is 0 Å². The van der Waals surface area contributed by atoms with Gasteiger partial charge in [-0.2, -0.15) is 0 Å². The summed E-state index contributed by atoms with van der Waals surface area (Å²) in [7, 11) is 2.15. The lowest BCUT2D eigenvalue weighted by molar-refractivity contribution is 0.519. The van der Waals surface area contributed by atoms with Crippen molar-refractivity contribution in [3.05, 3.63) is 29.8 Å². The monoisotopic (exact) mass is 229 g/mol. The van der Waals surface area contributed by atoms with E-state index in [1.165, 1.54) is 29.9 Å². The van der Waals surface area contributed by atoms with Crippen LogP contribution in [0.2, 0.25) is 0 Å². The molecule has 90 valence electrons. The number of fused-ring (bicyclic) bond motifs is 1. The van der Waals surface area contributed by atoms with Gasteiger partial charge in [0.25, 0.3) is 0 Å². The molecule has 0 spiro atoms. The lowest BCUT2D eigenvalue weighted by Crippen LogP contribution is -2.29. The summed E-state index contributed by atoms with van der Waals surface area (Å²) in [5.41, 5.74) is 2.62. The van der Waals surface area contributed by atoms with Gasteiger partial charge in [-0.15, -0.1) is 0 Å². The Kier molecular flexibility index (Phi) is 2.75. The van der Waals surface area contributed by atoms with Gasteiger partial charge < -0.3 is 9.80 Å². The maximum Gasteiger partial charge on any atom is 0.133 e. The molecule has 2 aliphatic rings. The summed E-state index contributed by atoms with van der Waals surface area (Å²) in [6.45, 7) is 4.24. The second-order valence-electron chi connectivity index (χ2n) is 4.84. The summed E-state index contributed by atoms with van der Waals surface area (Å²) >= 11 is 0. The number of amidine groups is 1. The zero-order valence-electron chi connectivity index (χ0n) is 10.4. The highest BCUT2D eigenvalue weighted by Crippen LogP contribution is 2.25. The van der Waals surface area contributed by atoms with E-state index in [4.69, 9.17) is 4.99 Å². The number of aliphatic imine (C=N–C) groups is 1. The van der Waals surface area contributed by atoms with E-state index in [0.29, 0.717) is 0 Å². The highest BCUT2D eigenvalue weighted by atomic mass is 15.2. The van der Waals surface area contributed by atoms with Crippen LogP contribution in [0, 0.1) is 0 Å². The summed E-state index contributed by atoms with van der Waals surface area (Å²) in [6.07, 6.45) is 2.61. The molecule has 3 rings (SSSR count). The van der Waals surface area contributed by atoms with Crippen molar-refractivity contribution in [3.63, 3.8) is 0 Å². The van der Waals surface area contributed by atoms with Gasteiger partial charge in [0.05, 0.1) is 6.54 Å². The fourth-order valence-electron chi connectivity index (χ4n) is 2.71. The van der Waals surface area contributed by atoms with Gasteiger partial charge in [-0.05, 0) is 25.0 Å². The number of hydrogen-bond donors (Lipinski definition) is 0. The number of para-hydroxylation sites is 1. The second-order valence-corrected chi connectivity index (χ2v) is 4.84. The molecule has 0 aromatic heterocycles. The van der Waals surface area contributed by atoms with E-state index < -0.39 is 0 Å². The van der Waals surface area contributed by atoms with Crippen LogP contribution in [0.3, 0.4) is 0 Å². The molecule has 0 N–H and O–H groups in total. The minimum Gasteiger partial charge on any atom is -0.372 e. The molecule has 0 unspecified atom stereocenters. The molecule has 17 heavy (non-hydrogen) atoms. The SMILES string of the molecule is CN1CCN=C(N2CCCC2)c2ccccc21. The molecule has 0 atom stereocenters. The topological polar surface area (TPSA) is 18.8 Å². The molecule has 1 fully saturated rings. The third kappa shape index (κ3) is 1.90. The Morgan fingerprint density at radius 3 is 2.65 bits per heavy atom. The van der Waals surface area contributed by atoms with Crippen LogP contribution < -0.4 is 4.90 Å². The zero-order chi connectivity index (χ0) is 11.7. The van der Waals surface area contributed by atoms with Crippen LogP contribution in [0.25, 0.3) is 0 Å². The van der Waals surface area contributed by atoms with Gasteiger partial charge in [0.2, 0.25) is 0 Å². The van der Waals surface area contributed by atoms with E-state index in [2.05, 4.69) is 41.1 Å². The van der Waals surface area contributed by atoms with Crippen molar-refractivity contribution in [1.29, 1.82) is 0 Å². The third-order valence-corrected chi connectivity index (χ3v) is 3.66. The van der Waals surface area contributed by atoms with Crippen molar-refractivity contribution in [2.45, 2.75) is 12.8 Å². The lowest BCUT2D eigenvalue weighted by Gasteiger charge is -2.23. The fraction of sp³-hybridized carbons (Fsp3) is 0.500. The van der Waals surface area contributed by atoms with E-state index in [0.717, 1.165) is 26.2 Å². The van der Waals surface area contributed by atoms with Gasteiger partial charge in [-0.1, -0.05) is 12.1 Å². The summed E-state index contributed by atoms with van der Waals surface area (Å²) in [4.78, 5) is 9.55. The molecule has 2 aliphatic heterocycles. The maximum absolute atomic E-state index is 4.80. The molecule has 2 heterocycles. The molecular weight excluding hydrogens is 210 g/mol. The number of likely N-dealkylation sites (N-methyl/N-ethyl adjacent to an activating group) is 1. The number of nitrogens with zero attached hydrogens (tertiary/aromatic N) is 3. The molecule has 0 aliphatic carbocycles. The molecule has 0 amide bonds.